The van der Waals surface area contributed by atoms with Crippen LogP contribution >= 0.6 is 11.8 Å². The van der Waals surface area contributed by atoms with Crippen molar-refractivity contribution in [1.82, 2.24) is 15.5 Å². The van der Waals surface area contributed by atoms with E-state index in [1.807, 2.05) is 50.3 Å². The van der Waals surface area contributed by atoms with Crippen molar-refractivity contribution in [2.75, 3.05) is 11.9 Å². The molecular formula is C16H18N4OS. The van der Waals surface area contributed by atoms with Crippen LogP contribution in [0.2, 0.25) is 0 Å². The summed E-state index contributed by atoms with van der Waals surface area (Å²) in [5, 5.41) is 13.3. The summed E-state index contributed by atoms with van der Waals surface area (Å²) in [5.74, 6) is -0.0394. The molecule has 1 aromatic heterocycles. The van der Waals surface area contributed by atoms with Crippen LogP contribution in [0.1, 0.15) is 11.4 Å². The molecule has 1 unspecified atom stereocenters. The summed E-state index contributed by atoms with van der Waals surface area (Å²) in [5.41, 5.74) is 2.81. The van der Waals surface area contributed by atoms with Gasteiger partial charge in [-0.05, 0) is 26.0 Å². The van der Waals surface area contributed by atoms with Gasteiger partial charge in [0.25, 0.3) is 0 Å². The first-order chi connectivity index (χ1) is 10.6. The van der Waals surface area contributed by atoms with E-state index in [1.165, 1.54) is 0 Å². The van der Waals surface area contributed by atoms with Crippen molar-refractivity contribution < 1.29 is 4.79 Å². The molecule has 0 spiro atoms. The highest BCUT2D eigenvalue weighted by atomic mass is 32.2. The van der Waals surface area contributed by atoms with E-state index < -0.39 is 0 Å². The molecule has 1 aliphatic heterocycles. The van der Waals surface area contributed by atoms with Crippen molar-refractivity contribution in [2.45, 2.75) is 29.7 Å². The van der Waals surface area contributed by atoms with Crippen LogP contribution in [0.15, 0.2) is 46.2 Å². The van der Waals surface area contributed by atoms with Gasteiger partial charge in [-0.25, -0.2) is 0 Å². The lowest BCUT2D eigenvalue weighted by molar-refractivity contribution is -0.116. The number of aromatic nitrogens is 2. The fraction of sp³-hybridized carbons (Fsp3) is 0.250. The second-order valence-electron chi connectivity index (χ2n) is 5.16. The van der Waals surface area contributed by atoms with Crippen LogP contribution in [0.3, 0.4) is 0 Å². The van der Waals surface area contributed by atoms with Crippen LogP contribution in [0.4, 0.5) is 5.69 Å². The summed E-state index contributed by atoms with van der Waals surface area (Å²) >= 11 is 1.61. The molecule has 0 saturated carbocycles. The number of aromatic amines is 1. The van der Waals surface area contributed by atoms with Crippen LogP contribution in [-0.4, -0.2) is 28.7 Å². The quantitative estimate of drug-likeness (QED) is 0.759. The summed E-state index contributed by atoms with van der Waals surface area (Å²) in [6.07, 6.45) is 3.85. The van der Waals surface area contributed by atoms with Crippen LogP contribution in [0.25, 0.3) is 0 Å². The number of nitrogens with zero attached hydrogens (tertiary/aromatic N) is 1. The average molecular weight is 314 g/mol. The topological polar surface area (TPSA) is 69.8 Å². The number of hydrogen-bond acceptors (Lipinski definition) is 4. The molecule has 0 fully saturated rings. The minimum absolute atomic E-state index is 0.0394. The number of carbonyl (C=O) groups excluding carboxylic acids is 1. The Morgan fingerprint density at radius 2 is 2.18 bits per heavy atom. The predicted molar refractivity (Wildman–Crippen MR) is 88.2 cm³/mol. The number of amides is 1. The Morgan fingerprint density at radius 3 is 2.86 bits per heavy atom. The molecule has 22 heavy (non-hydrogen) atoms. The van der Waals surface area contributed by atoms with Gasteiger partial charge in [-0.15, -0.1) is 0 Å². The first-order valence-electron chi connectivity index (χ1n) is 7.14. The molecule has 1 amide bonds. The molecule has 1 aliphatic rings. The van der Waals surface area contributed by atoms with E-state index in [-0.39, 0.29) is 11.9 Å². The van der Waals surface area contributed by atoms with Crippen LogP contribution < -0.4 is 10.6 Å². The lowest BCUT2D eigenvalue weighted by Crippen LogP contribution is -2.35. The molecule has 1 aromatic carbocycles. The Hall–Kier alpha value is -2.05. The Kier molecular flexibility index (Phi) is 4.31. The minimum Gasteiger partial charge on any atom is -0.323 e. The minimum atomic E-state index is -0.254. The molecule has 0 aliphatic carbocycles. The van der Waals surface area contributed by atoms with E-state index in [2.05, 4.69) is 20.8 Å². The van der Waals surface area contributed by atoms with Gasteiger partial charge in [-0.1, -0.05) is 36.0 Å². The summed E-state index contributed by atoms with van der Waals surface area (Å²) in [4.78, 5) is 14.4. The van der Waals surface area contributed by atoms with E-state index in [0.717, 1.165) is 33.4 Å². The maximum absolute atomic E-state index is 12.3. The van der Waals surface area contributed by atoms with E-state index in [4.69, 9.17) is 0 Å². The highest BCUT2D eigenvalue weighted by molar-refractivity contribution is 7.99. The van der Waals surface area contributed by atoms with Gasteiger partial charge in [0.05, 0.1) is 16.3 Å². The van der Waals surface area contributed by atoms with E-state index >= 15 is 0 Å². The SMILES string of the molecule is Cc1n[nH]c(C)c1Sc1ccccc1NC(=O)C1C=CCN1. The van der Waals surface area contributed by atoms with Crippen LogP contribution in [-0.2, 0) is 4.79 Å². The van der Waals surface area contributed by atoms with Crippen molar-refractivity contribution in [2.24, 2.45) is 0 Å². The molecule has 0 saturated heterocycles. The fourth-order valence-corrected chi connectivity index (χ4v) is 3.31. The fourth-order valence-electron chi connectivity index (χ4n) is 2.32. The Balaban J connectivity index is 1.81. The number of carbonyl (C=O) groups is 1. The first kappa shape index (κ1) is 14.9. The van der Waals surface area contributed by atoms with Gasteiger partial charge in [-0.2, -0.15) is 5.10 Å². The summed E-state index contributed by atoms with van der Waals surface area (Å²) in [6, 6.07) is 7.56. The van der Waals surface area contributed by atoms with Crippen molar-refractivity contribution in [3.8, 4) is 0 Å². The summed E-state index contributed by atoms with van der Waals surface area (Å²) in [6.45, 7) is 4.71. The van der Waals surface area contributed by atoms with Gasteiger partial charge in [0.1, 0.15) is 6.04 Å². The third-order valence-electron chi connectivity index (χ3n) is 3.48. The highest BCUT2D eigenvalue weighted by Crippen LogP contribution is 2.36. The lowest BCUT2D eigenvalue weighted by atomic mass is 10.2. The van der Waals surface area contributed by atoms with Crippen LogP contribution in [0, 0.1) is 13.8 Å². The summed E-state index contributed by atoms with van der Waals surface area (Å²) in [7, 11) is 0. The van der Waals surface area contributed by atoms with Crippen molar-refractivity contribution in [1.29, 1.82) is 0 Å². The van der Waals surface area contributed by atoms with E-state index in [9.17, 15) is 4.79 Å². The smallest absolute Gasteiger partial charge is 0.245 e. The monoisotopic (exact) mass is 314 g/mol. The third kappa shape index (κ3) is 3.08. The Bertz CT molecular complexity index is 703. The maximum Gasteiger partial charge on any atom is 0.245 e. The average Bonchev–Trinajstić information content (AvgIpc) is 3.14. The first-order valence-corrected chi connectivity index (χ1v) is 7.96. The lowest BCUT2D eigenvalue weighted by Gasteiger charge is -2.13. The van der Waals surface area contributed by atoms with Gasteiger partial charge < -0.3 is 5.32 Å². The molecule has 2 heterocycles. The molecule has 0 bridgehead atoms. The highest BCUT2D eigenvalue weighted by Gasteiger charge is 2.19. The Labute approximate surface area is 133 Å². The number of nitrogens with one attached hydrogen (secondary N) is 3. The number of aryl methyl sites for hydroxylation is 2. The van der Waals surface area contributed by atoms with Gasteiger partial charge in [-0.3, -0.25) is 15.2 Å². The van der Waals surface area contributed by atoms with Crippen molar-refractivity contribution in [3.63, 3.8) is 0 Å². The number of anilines is 1. The van der Waals surface area contributed by atoms with Gasteiger partial charge in [0.15, 0.2) is 0 Å². The van der Waals surface area contributed by atoms with Gasteiger partial charge in [0.2, 0.25) is 5.91 Å². The normalized spacial score (nSPS) is 16.9. The van der Waals surface area contributed by atoms with Gasteiger partial charge in [0, 0.05) is 17.1 Å². The molecule has 0 radical (unpaired) electrons. The largest absolute Gasteiger partial charge is 0.323 e. The second-order valence-corrected chi connectivity index (χ2v) is 6.22. The third-order valence-corrected chi connectivity index (χ3v) is 4.87. The predicted octanol–water partition coefficient (Wildman–Crippen LogP) is 2.64. The molecular weight excluding hydrogens is 296 g/mol. The zero-order chi connectivity index (χ0) is 15.5. The number of rotatable bonds is 4. The zero-order valence-corrected chi connectivity index (χ0v) is 13.3. The summed E-state index contributed by atoms with van der Waals surface area (Å²) < 4.78 is 0. The number of benzene rings is 1. The van der Waals surface area contributed by atoms with E-state index in [0.29, 0.717) is 0 Å². The second kappa shape index (κ2) is 6.37. The Morgan fingerprint density at radius 1 is 1.36 bits per heavy atom. The van der Waals surface area contributed by atoms with Crippen molar-refractivity contribution >= 4 is 23.4 Å². The van der Waals surface area contributed by atoms with Gasteiger partial charge >= 0.3 is 0 Å². The molecule has 3 rings (SSSR count). The van der Waals surface area contributed by atoms with Crippen LogP contribution in [0.5, 0.6) is 0 Å². The number of para-hydroxylation sites is 1. The van der Waals surface area contributed by atoms with Crippen molar-refractivity contribution in [3.05, 3.63) is 47.8 Å². The molecule has 1 atom stereocenters. The molecule has 3 N–H and O–H groups in total. The zero-order valence-electron chi connectivity index (χ0n) is 12.5. The number of hydrogen-bond donors (Lipinski definition) is 3. The van der Waals surface area contributed by atoms with E-state index in [1.54, 1.807) is 11.8 Å². The molecule has 2 aromatic rings. The maximum atomic E-state index is 12.3. The molecule has 114 valence electrons. The molecule has 6 heteroatoms. The number of H-pyrrole nitrogens is 1. The molecule has 5 nitrogen and oxygen atoms in total. The standard InChI is InChI=1S/C16H18N4OS/c1-10-15(11(2)20-19-10)22-14-8-4-3-6-12(14)18-16(21)13-7-5-9-17-13/h3-8,13,17H,9H2,1-2H3,(H,18,21)(H,19,20).